The summed E-state index contributed by atoms with van der Waals surface area (Å²) in [6.07, 6.45) is 4.36. The molecule has 4 nitrogen and oxygen atoms in total. The topological polar surface area (TPSA) is 57.2 Å². The molecule has 0 aliphatic carbocycles. The van der Waals surface area contributed by atoms with Crippen LogP contribution in [0.2, 0.25) is 0 Å². The first-order valence-electron chi connectivity index (χ1n) is 10.4. The van der Waals surface area contributed by atoms with E-state index in [4.69, 9.17) is 19.3 Å². The van der Waals surface area contributed by atoms with Gasteiger partial charge >= 0.3 is 5.55 Å². The number of ether oxygens (including phenoxy) is 2. The lowest BCUT2D eigenvalue weighted by Crippen LogP contribution is -2.44. The number of benzene rings is 2. The molecule has 0 spiro atoms. The Hall–Kier alpha value is -3.01. The Morgan fingerprint density at radius 2 is 1.21 bits per heavy atom. The van der Waals surface area contributed by atoms with Crippen molar-refractivity contribution in [3.05, 3.63) is 66.2 Å². The van der Waals surface area contributed by atoms with E-state index in [2.05, 4.69) is 13.8 Å². The van der Waals surface area contributed by atoms with Gasteiger partial charge in [0.2, 0.25) is 0 Å². The van der Waals surface area contributed by atoms with Gasteiger partial charge in [0.25, 0.3) is 0 Å². The van der Waals surface area contributed by atoms with Gasteiger partial charge in [-0.25, -0.2) is 5.41 Å². The molecule has 0 aliphatic heterocycles. The van der Waals surface area contributed by atoms with E-state index >= 15 is 0 Å². The van der Waals surface area contributed by atoms with Gasteiger partial charge in [0.1, 0.15) is 17.3 Å². The van der Waals surface area contributed by atoms with Gasteiger partial charge in [0, 0.05) is 5.56 Å². The minimum Gasteiger partial charge on any atom is -0.494 e. The molecule has 0 saturated heterocycles. The van der Waals surface area contributed by atoms with Crippen molar-refractivity contribution >= 4 is 0 Å². The average Bonchev–Trinajstić information content (AvgIpc) is 2.75. The molecule has 0 unspecified atom stereocenters. The van der Waals surface area contributed by atoms with Crippen LogP contribution in [0.1, 0.15) is 39.5 Å². The lowest BCUT2D eigenvalue weighted by Gasteiger charge is -2.08. The highest BCUT2D eigenvalue weighted by Crippen LogP contribution is 2.27. The van der Waals surface area contributed by atoms with Crippen molar-refractivity contribution < 1.29 is 19.3 Å². The van der Waals surface area contributed by atoms with Crippen LogP contribution >= 0.6 is 0 Å². The van der Waals surface area contributed by atoms with Gasteiger partial charge in [-0.3, -0.25) is 0 Å². The van der Waals surface area contributed by atoms with E-state index in [-0.39, 0.29) is 0 Å². The molecular weight excluding hydrogens is 362 g/mol. The maximum Gasteiger partial charge on any atom is 0.365 e. The summed E-state index contributed by atoms with van der Waals surface area (Å²) in [5.74, 6) is 2.48. The largest absolute Gasteiger partial charge is 0.494 e. The summed E-state index contributed by atoms with van der Waals surface area (Å²) in [5, 5.41) is 6.04. The lowest BCUT2D eigenvalue weighted by molar-refractivity contribution is -0.198. The molecule has 0 amide bonds. The molecule has 4 heteroatoms. The molecule has 0 saturated carbocycles. The van der Waals surface area contributed by atoms with E-state index in [0.717, 1.165) is 72.8 Å². The van der Waals surface area contributed by atoms with Crippen LogP contribution in [0.4, 0.5) is 0 Å². The second-order valence-corrected chi connectivity index (χ2v) is 7.07. The zero-order chi connectivity index (χ0) is 20.5. The van der Waals surface area contributed by atoms with Gasteiger partial charge in [-0.2, -0.15) is 0 Å². The number of nitrogens with two attached hydrogens (primary N) is 1. The monoisotopic (exact) mass is 392 g/mol. The van der Waals surface area contributed by atoms with E-state index in [0.29, 0.717) is 5.55 Å². The van der Waals surface area contributed by atoms with E-state index < -0.39 is 0 Å². The summed E-state index contributed by atoms with van der Waals surface area (Å²) >= 11 is 0. The Morgan fingerprint density at radius 3 is 1.72 bits per heavy atom. The highest BCUT2D eigenvalue weighted by Gasteiger charge is 2.08. The van der Waals surface area contributed by atoms with Crippen molar-refractivity contribution in [1.29, 1.82) is 0 Å². The summed E-state index contributed by atoms with van der Waals surface area (Å²) in [6, 6.07) is 19.9. The first kappa shape index (κ1) is 20.7. The second-order valence-electron chi connectivity index (χ2n) is 7.07. The zero-order valence-corrected chi connectivity index (χ0v) is 17.3. The lowest BCUT2D eigenvalue weighted by atomic mass is 10.0. The van der Waals surface area contributed by atoms with Gasteiger partial charge < -0.3 is 13.9 Å². The molecule has 0 atom stereocenters. The number of rotatable bonds is 10. The van der Waals surface area contributed by atoms with Crippen molar-refractivity contribution in [2.24, 2.45) is 0 Å². The van der Waals surface area contributed by atoms with Crippen LogP contribution in [-0.4, -0.2) is 13.2 Å². The van der Waals surface area contributed by atoms with Crippen LogP contribution in [0.5, 0.6) is 11.5 Å². The smallest absolute Gasteiger partial charge is 0.365 e. The maximum absolute atomic E-state index is 6.04. The fourth-order valence-electron chi connectivity index (χ4n) is 2.96. The molecule has 152 valence electrons. The summed E-state index contributed by atoms with van der Waals surface area (Å²) in [6.45, 7) is 5.79. The van der Waals surface area contributed by atoms with Gasteiger partial charge in [-0.05, 0) is 66.4 Å². The Kier molecular flexibility index (Phi) is 7.51. The molecule has 1 aromatic heterocycles. The minimum absolute atomic E-state index is 0.379. The molecule has 3 rings (SSSR count). The van der Waals surface area contributed by atoms with Crippen LogP contribution in [-0.2, 0) is 0 Å². The van der Waals surface area contributed by atoms with Crippen LogP contribution in [0.3, 0.4) is 0 Å². The Labute approximate surface area is 172 Å². The van der Waals surface area contributed by atoms with E-state index in [1.807, 2.05) is 60.7 Å². The van der Waals surface area contributed by atoms with Crippen molar-refractivity contribution in [3.63, 3.8) is 0 Å². The quantitative estimate of drug-likeness (QED) is 0.512. The SMILES string of the molecule is CCCCOc1ccc(-c2cc(-c3ccc(OCCCC)cc3)oc(=[NH2+])c2)cc1. The molecule has 1 heterocycles. The molecule has 0 radical (unpaired) electrons. The highest BCUT2D eigenvalue weighted by molar-refractivity contribution is 5.69. The third-order valence-corrected chi connectivity index (χ3v) is 4.67. The Balaban J connectivity index is 1.77. The third-order valence-electron chi connectivity index (χ3n) is 4.67. The fourth-order valence-corrected chi connectivity index (χ4v) is 2.96. The van der Waals surface area contributed by atoms with Crippen LogP contribution < -0.4 is 20.4 Å². The molecule has 0 bridgehead atoms. The summed E-state index contributed by atoms with van der Waals surface area (Å²) in [4.78, 5) is 0. The third kappa shape index (κ3) is 5.98. The van der Waals surface area contributed by atoms with E-state index in [1.165, 1.54) is 0 Å². The predicted octanol–water partition coefficient (Wildman–Crippen LogP) is 4.63. The molecule has 0 fully saturated rings. The van der Waals surface area contributed by atoms with E-state index in [1.54, 1.807) is 0 Å². The van der Waals surface area contributed by atoms with Crippen molar-refractivity contribution in [3.8, 4) is 33.9 Å². The predicted molar refractivity (Wildman–Crippen MR) is 115 cm³/mol. The zero-order valence-electron chi connectivity index (χ0n) is 17.3. The molecule has 3 aromatic rings. The Morgan fingerprint density at radius 1 is 0.690 bits per heavy atom. The van der Waals surface area contributed by atoms with E-state index in [9.17, 15) is 0 Å². The summed E-state index contributed by atoms with van der Waals surface area (Å²) in [5.41, 5.74) is 3.41. The summed E-state index contributed by atoms with van der Waals surface area (Å²) in [7, 11) is 0. The standard InChI is InChI=1S/C25H29NO3/c1-3-5-15-27-22-11-7-19(8-12-22)21-17-24(29-25(26)18-21)20-9-13-23(14-10-20)28-16-6-4-2/h7-14,17-18,26H,3-6,15-16H2,1-2H3/p+1. The molecule has 2 N–H and O–H groups in total. The molecule has 29 heavy (non-hydrogen) atoms. The Bertz CT molecular complexity index is 868. The van der Waals surface area contributed by atoms with Crippen molar-refractivity contribution in [2.45, 2.75) is 39.5 Å². The molecule has 2 aromatic carbocycles. The first-order chi connectivity index (χ1) is 14.2. The van der Waals surface area contributed by atoms with Crippen LogP contribution in [0.25, 0.3) is 22.5 Å². The number of unbranched alkanes of at least 4 members (excludes halogenated alkanes) is 2. The highest BCUT2D eigenvalue weighted by atomic mass is 16.5. The van der Waals surface area contributed by atoms with Crippen LogP contribution in [0.15, 0.2) is 65.1 Å². The van der Waals surface area contributed by atoms with Gasteiger partial charge in [0.15, 0.2) is 0 Å². The second kappa shape index (κ2) is 10.5. The summed E-state index contributed by atoms with van der Waals surface area (Å²) < 4.78 is 17.2. The number of hydrogen-bond donors (Lipinski definition) is 1. The van der Waals surface area contributed by atoms with Crippen molar-refractivity contribution in [1.82, 2.24) is 0 Å². The molecule has 0 aliphatic rings. The maximum atomic E-state index is 6.04. The minimum atomic E-state index is 0.379. The fraction of sp³-hybridized carbons (Fsp3) is 0.320. The van der Waals surface area contributed by atoms with Crippen molar-refractivity contribution in [2.75, 3.05) is 13.2 Å². The molecular formula is C25H30NO3+. The number of hydrogen-bond acceptors (Lipinski definition) is 3. The van der Waals surface area contributed by atoms with Gasteiger partial charge in [-0.15, -0.1) is 0 Å². The average molecular weight is 393 g/mol. The first-order valence-corrected chi connectivity index (χ1v) is 10.4. The van der Waals surface area contributed by atoms with Gasteiger partial charge in [-0.1, -0.05) is 38.8 Å². The van der Waals surface area contributed by atoms with Crippen LogP contribution in [0, 0.1) is 0 Å². The van der Waals surface area contributed by atoms with Gasteiger partial charge in [0.05, 0.1) is 19.3 Å². The normalized spacial score (nSPS) is 10.7.